The van der Waals surface area contributed by atoms with E-state index in [4.69, 9.17) is 5.73 Å². The predicted octanol–water partition coefficient (Wildman–Crippen LogP) is 1.67. The van der Waals surface area contributed by atoms with Crippen molar-refractivity contribution in [2.24, 2.45) is 23.5 Å². The van der Waals surface area contributed by atoms with E-state index < -0.39 is 0 Å². The molecule has 2 aliphatic rings. The van der Waals surface area contributed by atoms with Crippen LogP contribution in [0.2, 0.25) is 0 Å². The average Bonchev–Trinajstić information content (AvgIpc) is 2.86. The first-order valence-corrected chi connectivity index (χ1v) is 6.71. The summed E-state index contributed by atoms with van der Waals surface area (Å²) >= 11 is 0. The number of nitrogens with one attached hydrogen (secondary N) is 1. The first-order chi connectivity index (χ1) is 7.70. The summed E-state index contributed by atoms with van der Waals surface area (Å²) in [5.41, 5.74) is 5.71. The summed E-state index contributed by atoms with van der Waals surface area (Å²) in [6.45, 7) is 2.93. The lowest BCUT2D eigenvalue weighted by molar-refractivity contribution is -0.126. The van der Waals surface area contributed by atoms with E-state index in [0.29, 0.717) is 18.5 Å². The molecule has 4 atom stereocenters. The number of rotatable bonds is 3. The second kappa shape index (κ2) is 5.17. The molecule has 0 aromatic heterocycles. The van der Waals surface area contributed by atoms with Gasteiger partial charge in [-0.1, -0.05) is 13.3 Å². The van der Waals surface area contributed by atoms with Crippen molar-refractivity contribution in [2.45, 2.75) is 51.5 Å². The maximum Gasteiger partial charge on any atom is 0.223 e. The fraction of sp³-hybridized carbons (Fsp3) is 0.923. The van der Waals surface area contributed by atoms with Crippen LogP contribution in [0.5, 0.6) is 0 Å². The van der Waals surface area contributed by atoms with Crippen molar-refractivity contribution >= 4 is 5.91 Å². The van der Waals surface area contributed by atoms with Crippen molar-refractivity contribution in [3.63, 3.8) is 0 Å². The van der Waals surface area contributed by atoms with E-state index in [9.17, 15) is 4.79 Å². The Morgan fingerprint density at radius 2 is 2.12 bits per heavy atom. The Hall–Kier alpha value is -0.570. The smallest absolute Gasteiger partial charge is 0.223 e. The van der Waals surface area contributed by atoms with Gasteiger partial charge in [-0.3, -0.25) is 4.79 Å². The van der Waals surface area contributed by atoms with Crippen molar-refractivity contribution in [1.82, 2.24) is 5.32 Å². The van der Waals surface area contributed by atoms with Crippen LogP contribution < -0.4 is 11.1 Å². The van der Waals surface area contributed by atoms with Gasteiger partial charge in [0, 0.05) is 12.0 Å². The molecule has 0 bridgehead atoms. The van der Waals surface area contributed by atoms with E-state index in [-0.39, 0.29) is 11.8 Å². The summed E-state index contributed by atoms with van der Waals surface area (Å²) < 4.78 is 0. The topological polar surface area (TPSA) is 55.1 Å². The molecule has 4 unspecified atom stereocenters. The van der Waals surface area contributed by atoms with Gasteiger partial charge < -0.3 is 11.1 Å². The van der Waals surface area contributed by atoms with E-state index in [1.54, 1.807) is 0 Å². The van der Waals surface area contributed by atoms with Gasteiger partial charge in [0.15, 0.2) is 0 Å². The fourth-order valence-electron chi connectivity index (χ4n) is 3.31. The standard InChI is InChI=1S/C13H24N2O/c1-9-5-6-11(7-9)15-13(16)12-4-2-3-10(12)8-14/h9-12H,2-8,14H2,1H3,(H,15,16). The van der Waals surface area contributed by atoms with Crippen LogP contribution in [0.3, 0.4) is 0 Å². The lowest BCUT2D eigenvalue weighted by atomic mass is 9.95. The minimum atomic E-state index is 0.195. The van der Waals surface area contributed by atoms with Crippen LogP contribution in [-0.2, 0) is 4.79 Å². The highest BCUT2D eigenvalue weighted by Crippen LogP contribution is 2.32. The number of nitrogens with two attached hydrogens (primary N) is 1. The van der Waals surface area contributed by atoms with Gasteiger partial charge in [0.2, 0.25) is 5.91 Å². The quantitative estimate of drug-likeness (QED) is 0.766. The maximum atomic E-state index is 12.1. The van der Waals surface area contributed by atoms with Crippen LogP contribution in [0.25, 0.3) is 0 Å². The third-order valence-electron chi connectivity index (χ3n) is 4.34. The largest absolute Gasteiger partial charge is 0.353 e. The van der Waals surface area contributed by atoms with Gasteiger partial charge in [-0.25, -0.2) is 0 Å². The summed E-state index contributed by atoms with van der Waals surface area (Å²) in [6.07, 6.45) is 6.92. The molecule has 3 heteroatoms. The molecule has 0 spiro atoms. The Morgan fingerprint density at radius 3 is 2.75 bits per heavy atom. The highest BCUT2D eigenvalue weighted by Gasteiger charge is 2.33. The zero-order valence-electron chi connectivity index (χ0n) is 10.2. The van der Waals surface area contributed by atoms with Crippen molar-refractivity contribution in [1.29, 1.82) is 0 Å². The van der Waals surface area contributed by atoms with E-state index in [1.807, 2.05) is 0 Å². The SMILES string of the molecule is CC1CCC(NC(=O)C2CCCC2CN)C1. The Bertz CT molecular complexity index is 254. The molecule has 3 N–H and O–H groups in total. The summed E-state index contributed by atoms with van der Waals surface area (Å²) in [4.78, 5) is 12.1. The highest BCUT2D eigenvalue weighted by molar-refractivity contribution is 5.79. The fourth-order valence-corrected chi connectivity index (χ4v) is 3.31. The van der Waals surface area contributed by atoms with Gasteiger partial charge in [0.25, 0.3) is 0 Å². The molecule has 3 nitrogen and oxygen atoms in total. The van der Waals surface area contributed by atoms with Gasteiger partial charge in [0.1, 0.15) is 0 Å². The third kappa shape index (κ3) is 2.57. The van der Waals surface area contributed by atoms with Gasteiger partial charge in [-0.2, -0.15) is 0 Å². The zero-order valence-corrected chi connectivity index (χ0v) is 10.2. The first kappa shape index (κ1) is 11.9. The molecule has 92 valence electrons. The molecule has 0 aromatic rings. The van der Waals surface area contributed by atoms with Gasteiger partial charge >= 0.3 is 0 Å². The monoisotopic (exact) mass is 224 g/mol. The summed E-state index contributed by atoms with van der Waals surface area (Å²) in [7, 11) is 0. The lowest BCUT2D eigenvalue weighted by Crippen LogP contribution is -2.40. The van der Waals surface area contributed by atoms with Crippen molar-refractivity contribution < 1.29 is 4.79 Å². The van der Waals surface area contributed by atoms with Crippen LogP contribution in [0.4, 0.5) is 0 Å². The number of amides is 1. The average molecular weight is 224 g/mol. The second-order valence-corrected chi connectivity index (χ2v) is 5.66. The van der Waals surface area contributed by atoms with Gasteiger partial charge in [-0.15, -0.1) is 0 Å². The Labute approximate surface area is 98.2 Å². The molecule has 0 aromatic carbocycles. The molecule has 2 rings (SSSR count). The predicted molar refractivity (Wildman–Crippen MR) is 64.8 cm³/mol. The molecule has 0 saturated heterocycles. The summed E-state index contributed by atoms with van der Waals surface area (Å²) in [5, 5.41) is 3.22. The first-order valence-electron chi connectivity index (χ1n) is 6.71. The minimum absolute atomic E-state index is 0.195. The maximum absolute atomic E-state index is 12.1. The molecular weight excluding hydrogens is 200 g/mol. The van der Waals surface area contributed by atoms with Crippen molar-refractivity contribution in [3.8, 4) is 0 Å². The zero-order chi connectivity index (χ0) is 11.5. The highest BCUT2D eigenvalue weighted by atomic mass is 16.2. The molecule has 16 heavy (non-hydrogen) atoms. The normalized spacial score (nSPS) is 38.9. The molecule has 0 radical (unpaired) electrons. The van der Waals surface area contributed by atoms with E-state index >= 15 is 0 Å². The number of hydrogen-bond acceptors (Lipinski definition) is 2. The van der Waals surface area contributed by atoms with Crippen molar-refractivity contribution in [2.75, 3.05) is 6.54 Å². The molecule has 2 aliphatic carbocycles. The third-order valence-corrected chi connectivity index (χ3v) is 4.34. The minimum Gasteiger partial charge on any atom is -0.353 e. The van der Waals surface area contributed by atoms with Crippen LogP contribution in [-0.4, -0.2) is 18.5 Å². The van der Waals surface area contributed by atoms with E-state index in [2.05, 4.69) is 12.2 Å². The second-order valence-electron chi connectivity index (χ2n) is 5.66. The summed E-state index contributed by atoms with van der Waals surface area (Å²) in [6, 6.07) is 0.432. The number of carbonyl (C=O) groups excluding carboxylic acids is 1. The molecule has 2 fully saturated rings. The molecule has 2 saturated carbocycles. The van der Waals surface area contributed by atoms with Gasteiger partial charge in [-0.05, 0) is 50.5 Å². The molecule has 1 amide bonds. The van der Waals surface area contributed by atoms with E-state index in [0.717, 1.165) is 31.6 Å². The van der Waals surface area contributed by atoms with Gasteiger partial charge in [0.05, 0.1) is 0 Å². The van der Waals surface area contributed by atoms with E-state index in [1.165, 1.54) is 12.8 Å². The lowest BCUT2D eigenvalue weighted by Gasteiger charge is -2.20. The molecular formula is C13H24N2O. The van der Waals surface area contributed by atoms with Crippen LogP contribution >= 0.6 is 0 Å². The Kier molecular flexibility index (Phi) is 3.85. The van der Waals surface area contributed by atoms with Crippen molar-refractivity contribution in [3.05, 3.63) is 0 Å². The Balaban J connectivity index is 1.83. The van der Waals surface area contributed by atoms with Crippen LogP contribution in [0, 0.1) is 17.8 Å². The van der Waals surface area contributed by atoms with Crippen LogP contribution in [0.15, 0.2) is 0 Å². The molecule has 0 heterocycles. The molecule has 0 aliphatic heterocycles. The number of carbonyl (C=O) groups is 1. The number of hydrogen-bond donors (Lipinski definition) is 2. The summed E-state index contributed by atoms with van der Waals surface area (Å²) in [5.74, 6) is 1.67. The Morgan fingerprint density at radius 1 is 1.31 bits per heavy atom. The van der Waals surface area contributed by atoms with Crippen LogP contribution in [0.1, 0.15) is 45.4 Å².